The molecular weight excluding hydrogens is 190 g/mol. The second-order valence-corrected chi connectivity index (χ2v) is 3.04. The third-order valence-corrected chi connectivity index (χ3v) is 1.44. The van der Waals surface area contributed by atoms with Crippen molar-refractivity contribution in [3.63, 3.8) is 0 Å². The fraction of sp³-hybridized carbons (Fsp3) is 0.875. The minimum Gasteiger partial charge on any atom is -0.355 e. The Morgan fingerprint density at radius 2 is 2.00 bits per heavy atom. The Morgan fingerprint density at radius 3 is 2.46 bits per heavy atom. The van der Waals surface area contributed by atoms with E-state index < -0.39 is 0 Å². The summed E-state index contributed by atoms with van der Waals surface area (Å²) in [5.74, 6) is 0.0660. The Morgan fingerprint density at radius 1 is 1.38 bits per heavy atom. The van der Waals surface area contributed by atoms with Gasteiger partial charge in [0.1, 0.15) is 0 Å². The van der Waals surface area contributed by atoms with E-state index in [0.29, 0.717) is 6.54 Å². The Kier molecular flexibility index (Phi) is 11.4. The summed E-state index contributed by atoms with van der Waals surface area (Å²) in [4.78, 5) is 13.0. The molecule has 0 aromatic heterocycles. The summed E-state index contributed by atoms with van der Waals surface area (Å²) < 4.78 is 0. The number of hydrogen-bond donors (Lipinski definition) is 2. The number of nitrogens with one attached hydrogen (secondary N) is 2. The molecule has 0 unspecified atom stereocenters. The van der Waals surface area contributed by atoms with Crippen molar-refractivity contribution in [1.82, 2.24) is 15.5 Å². The Hall–Kier alpha value is -0.320. The van der Waals surface area contributed by atoms with Crippen LogP contribution in [0.25, 0.3) is 0 Å². The van der Waals surface area contributed by atoms with Gasteiger partial charge in [0.15, 0.2) is 0 Å². The fourth-order valence-electron chi connectivity index (χ4n) is 0.846. The van der Waals surface area contributed by atoms with Crippen LogP contribution < -0.4 is 10.6 Å². The molecule has 80 valence electrons. The molecule has 0 heterocycles. The summed E-state index contributed by atoms with van der Waals surface area (Å²) in [6.07, 6.45) is 1.00. The zero-order valence-electron chi connectivity index (χ0n) is 8.59. The molecule has 2 N–H and O–H groups in total. The van der Waals surface area contributed by atoms with Gasteiger partial charge in [-0.2, -0.15) is 0 Å². The lowest BCUT2D eigenvalue weighted by Crippen LogP contribution is -2.33. The second-order valence-electron chi connectivity index (χ2n) is 3.04. The van der Waals surface area contributed by atoms with Gasteiger partial charge in [0, 0.05) is 6.54 Å². The van der Waals surface area contributed by atoms with Gasteiger partial charge < -0.3 is 15.5 Å². The van der Waals surface area contributed by atoms with Gasteiger partial charge in [-0.1, -0.05) is 0 Å². The molecule has 4 nitrogen and oxygen atoms in total. The molecule has 5 heteroatoms. The van der Waals surface area contributed by atoms with Crippen LogP contribution in [0.5, 0.6) is 0 Å². The second kappa shape index (κ2) is 9.77. The quantitative estimate of drug-likeness (QED) is 0.591. The Balaban J connectivity index is 0. The molecule has 0 aliphatic heterocycles. The van der Waals surface area contributed by atoms with E-state index in [1.165, 1.54) is 0 Å². The molecule has 0 spiro atoms. The smallest absolute Gasteiger partial charge is 0.233 e. The van der Waals surface area contributed by atoms with Crippen LogP contribution in [-0.4, -0.2) is 51.6 Å². The van der Waals surface area contributed by atoms with Crippen molar-refractivity contribution in [3.05, 3.63) is 0 Å². The van der Waals surface area contributed by atoms with E-state index in [-0.39, 0.29) is 18.3 Å². The van der Waals surface area contributed by atoms with Gasteiger partial charge >= 0.3 is 0 Å². The van der Waals surface area contributed by atoms with Gasteiger partial charge in [0.05, 0.1) is 6.54 Å². The average molecular weight is 210 g/mol. The molecule has 0 saturated carbocycles. The first-order chi connectivity index (χ1) is 5.66. The molecule has 13 heavy (non-hydrogen) atoms. The van der Waals surface area contributed by atoms with Crippen LogP contribution in [0.2, 0.25) is 0 Å². The van der Waals surface area contributed by atoms with E-state index in [2.05, 4.69) is 15.5 Å². The summed E-state index contributed by atoms with van der Waals surface area (Å²) in [7, 11) is 5.81. The highest BCUT2D eigenvalue weighted by Crippen LogP contribution is 1.80. The molecule has 0 rings (SSSR count). The highest BCUT2D eigenvalue weighted by atomic mass is 35.5. The summed E-state index contributed by atoms with van der Waals surface area (Å²) in [6.45, 7) is 2.18. The molecule has 0 fully saturated rings. The van der Waals surface area contributed by atoms with Crippen molar-refractivity contribution in [2.45, 2.75) is 6.42 Å². The number of halogens is 1. The minimum atomic E-state index is 0. The summed E-state index contributed by atoms with van der Waals surface area (Å²) in [5.41, 5.74) is 0. The minimum absolute atomic E-state index is 0. The Labute approximate surface area is 86.5 Å². The lowest BCUT2D eigenvalue weighted by Gasteiger charge is -2.09. The first-order valence-corrected chi connectivity index (χ1v) is 4.23. The average Bonchev–Trinajstić information content (AvgIpc) is 1.98. The van der Waals surface area contributed by atoms with E-state index in [0.717, 1.165) is 19.5 Å². The van der Waals surface area contributed by atoms with Crippen molar-refractivity contribution < 1.29 is 4.79 Å². The van der Waals surface area contributed by atoms with Crippen LogP contribution in [0.4, 0.5) is 0 Å². The molecule has 0 aromatic carbocycles. The topological polar surface area (TPSA) is 44.4 Å². The maximum absolute atomic E-state index is 10.9. The van der Waals surface area contributed by atoms with E-state index >= 15 is 0 Å². The monoisotopic (exact) mass is 209 g/mol. The van der Waals surface area contributed by atoms with Gasteiger partial charge in [0.25, 0.3) is 0 Å². The predicted octanol–water partition coefficient (Wildman–Crippen LogP) is -0.304. The maximum atomic E-state index is 10.9. The first-order valence-electron chi connectivity index (χ1n) is 4.23. The van der Waals surface area contributed by atoms with E-state index in [4.69, 9.17) is 0 Å². The standard InChI is InChI=1S/C8H19N3O.ClH/c1-9-7-8(12)10-5-4-6-11(2)3;/h9H,4-7H2,1-3H3,(H,10,12);1H. The number of rotatable bonds is 6. The molecule has 0 bridgehead atoms. The van der Waals surface area contributed by atoms with Crippen LogP contribution >= 0.6 is 12.4 Å². The van der Waals surface area contributed by atoms with Crippen molar-refractivity contribution in [3.8, 4) is 0 Å². The number of hydrogen-bond acceptors (Lipinski definition) is 3. The number of nitrogens with zero attached hydrogens (tertiary/aromatic N) is 1. The van der Waals surface area contributed by atoms with Crippen LogP contribution in [-0.2, 0) is 4.79 Å². The maximum Gasteiger partial charge on any atom is 0.233 e. The van der Waals surface area contributed by atoms with Gasteiger partial charge in [0.2, 0.25) is 5.91 Å². The summed E-state index contributed by atoms with van der Waals surface area (Å²) >= 11 is 0. The van der Waals surface area contributed by atoms with E-state index in [1.54, 1.807) is 7.05 Å². The van der Waals surface area contributed by atoms with E-state index in [1.807, 2.05) is 14.1 Å². The lowest BCUT2D eigenvalue weighted by atomic mass is 10.4. The Bertz CT molecular complexity index is 131. The molecule has 0 radical (unpaired) electrons. The normalized spacial score (nSPS) is 9.54. The SMILES string of the molecule is CNCC(=O)NCCCN(C)C.Cl. The predicted molar refractivity (Wildman–Crippen MR) is 57.4 cm³/mol. The summed E-state index contributed by atoms with van der Waals surface area (Å²) in [5, 5.41) is 5.61. The fourth-order valence-corrected chi connectivity index (χ4v) is 0.846. The van der Waals surface area contributed by atoms with Crippen molar-refractivity contribution in [2.24, 2.45) is 0 Å². The third kappa shape index (κ3) is 11.7. The molecule has 0 aliphatic carbocycles. The van der Waals surface area contributed by atoms with Gasteiger partial charge in [-0.3, -0.25) is 4.79 Å². The molecule has 0 saturated heterocycles. The summed E-state index contributed by atoms with van der Waals surface area (Å²) in [6, 6.07) is 0. The largest absolute Gasteiger partial charge is 0.355 e. The zero-order valence-corrected chi connectivity index (χ0v) is 9.41. The number of amides is 1. The van der Waals surface area contributed by atoms with E-state index in [9.17, 15) is 4.79 Å². The van der Waals surface area contributed by atoms with Gasteiger partial charge in [-0.25, -0.2) is 0 Å². The van der Waals surface area contributed by atoms with Crippen LogP contribution in [0.15, 0.2) is 0 Å². The first kappa shape index (κ1) is 15.2. The molecule has 0 aliphatic rings. The molecular formula is C8H20ClN3O. The highest BCUT2D eigenvalue weighted by molar-refractivity contribution is 5.85. The lowest BCUT2D eigenvalue weighted by molar-refractivity contribution is -0.120. The number of carbonyl (C=O) groups is 1. The number of likely N-dealkylation sites (N-methyl/N-ethyl adjacent to an activating group) is 1. The third-order valence-electron chi connectivity index (χ3n) is 1.44. The molecule has 0 aromatic rings. The zero-order chi connectivity index (χ0) is 9.40. The highest BCUT2D eigenvalue weighted by Gasteiger charge is 1.96. The van der Waals surface area contributed by atoms with Gasteiger partial charge in [-0.05, 0) is 34.1 Å². The van der Waals surface area contributed by atoms with Gasteiger partial charge in [-0.15, -0.1) is 12.4 Å². The molecule has 1 amide bonds. The molecule has 0 atom stereocenters. The van der Waals surface area contributed by atoms with Crippen LogP contribution in [0.3, 0.4) is 0 Å². The van der Waals surface area contributed by atoms with Crippen molar-refractivity contribution >= 4 is 18.3 Å². The van der Waals surface area contributed by atoms with Crippen molar-refractivity contribution in [2.75, 3.05) is 40.8 Å². The van der Waals surface area contributed by atoms with Crippen LogP contribution in [0, 0.1) is 0 Å². The van der Waals surface area contributed by atoms with Crippen LogP contribution in [0.1, 0.15) is 6.42 Å². The number of carbonyl (C=O) groups excluding carboxylic acids is 1. The van der Waals surface area contributed by atoms with Crippen molar-refractivity contribution in [1.29, 1.82) is 0 Å².